The number of carbonyl (C=O) groups excluding carboxylic acids is 1. The van der Waals surface area contributed by atoms with Crippen LogP contribution in [0.2, 0.25) is 0 Å². The molecule has 122 valence electrons. The lowest BCUT2D eigenvalue weighted by atomic mass is 10.3. The van der Waals surface area contributed by atoms with Crippen LogP contribution in [0, 0.1) is 0 Å². The van der Waals surface area contributed by atoms with Crippen LogP contribution in [0.4, 0.5) is 0 Å². The Morgan fingerprint density at radius 1 is 1.22 bits per heavy atom. The van der Waals surface area contributed by atoms with Gasteiger partial charge in [0.1, 0.15) is 0 Å². The fourth-order valence-corrected chi connectivity index (χ4v) is 3.96. The molecule has 0 aromatic carbocycles. The second-order valence-electron chi connectivity index (χ2n) is 5.46. The predicted molar refractivity (Wildman–Crippen MR) is 93.5 cm³/mol. The first-order chi connectivity index (χ1) is 11.3. The molecule has 1 amide bonds. The van der Waals surface area contributed by atoms with E-state index in [2.05, 4.69) is 31.7 Å². The maximum atomic E-state index is 12.4. The van der Waals surface area contributed by atoms with E-state index in [4.69, 9.17) is 0 Å². The van der Waals surface area contributed by atoms with Crippen molar-refractivity contribution in [3.05, 3.63) is 40.8 Å². The lowest BCUT2D eigenvalue weighted by Gasteiger charge is -2.21. The molecule has 1 aliphatic rings. The topological polar surface area (TPSA) is 49.3 Å². The molecule has 0 spiro atoms. The molecule has 3 heterocycles. The maximum absolute atomic E-state index is 12.4. The fourth-order valence-electron chi connectivity index (χ4n) is 2.60. The molecule has 23 heavy (non-hydrogen) atoms. The Labute approximate surface area is 144 Å². The molecule has 3 rings (SSSR count). The zero-order chi connectivity index (χ0) is 15.9. The minimum absolute atomic E-state index is 0.180. The molecule has 5 nitrogen and oxygen atoms in total. The average Bonchev–Trinajstić information content (AvgIpc) is 2.98. The van der Waals surface area contributed by atoms with Gasteiger partial charge in [0, 0.05) is 45.1 Å². The number of hydrogen-bond acceptors (Lipinski definition) is 6. The van der Waals surface area contributed by atoms with Gasteiger partial charge in [0.2, 0.25) is 5.91 Å². The van der Waals surface area contributed by atoms with Gasteiger partial charge in [-0.2, -0.15) is 11.3 Å². The Morgan fingerprint density at radius 2 is 2.09 bits per heavy atom. The standard InChI is InChI=1S/C16H20N4OS2/c21-15(13-23-16-17-4-1-5-18-16)20-7-2-6-19(8-9-20)11-14-3-10-22-12-14/h1,3-5,10,12H,2,6-9,11,13H2. The second kappa shape index (κ2) is 8.42. The van der Waals surface area contributed by atoms with E-state index in [0.29, 0.717) is 10.9 Å². The van der Waals surface area contributed by atoms with Crippen LogP contribution in [0.25, 0.3) is 0 Å². The zero-order valence-corrected chi connectivity index (χ0v) is 14.6. The summed E-state index contributed by atoms with van der Waals surface area (Å²) >= 11 is 3.15. The summed E-state index contributed by atoms with van der Waals surface area (Å²) in [6, 6.07) is 3.96. The van der Waals surface area contributed by atoms with Crippen LogP contribution in [-0.4, -0.2) is 57.6 Å². The van der Waals surface area contributed by atoms with Crippen molar-refractivity contribution in [2.45, 2.75) is 18.1 Å². The second-order valence-corrected chi connectivity index (χ2v) is 7.18. The van der Waals surface area contributed by atoms with Crippen molar-refractivity contribution in [1.29, 1.82) is 0 Å². The number of carbonyl (C=O) groups is 1. The number of rotatable bonds is 5. The third kappa shape index (κ3) is 5.02. The van der Waals surface area contributed by atoms with E-state index >= 15 is 0 Å². The van der Waals surface area contributed by atoms with Gasteiger partial charge in [0.25, 0.3) is 0 Å². The highest BCUT2D eigenvalue weighted by molar-refractivity contribution is 7.99. The van der Waals surface area contributed by atoms with Gasteiger partial charge in [-0.3, -0.25) is 9.69 Å². The van der Waals surface area contributed by atoms with Gasteiger partial charge in [-0.25, -0.2) is 9.97 Å². The molecule has 0 bridgehead atoms. The summed E-state index contributed by atoms with van der Waals surface area (Å²) in [6.45, 7) is 4.62. The van der Waals surface area contributed by atoms with E-state index in [1.165, 1.54) is 17.3 Å². The molecule has 1 aliphatic heterocycles. The Balaban J connectivity index is 1.46. The van der Waals surface area contributed by atoms with Crippen molar-refractivity contribution in [2.24, 2.45) is 0 Å². The van der Waals surface area contributed by atoms with Gasteiger partial charge in [-0.15, -0.1) is 0 Å². The fraction of sp³-hybridized carbons (Fsp3) is 0.438. The average molecular weight is 348 g/mol. The molecule has 2 aromatic heterocycles. The van der Waals surface area contributed by atoms with Gasteiger partial charge < -0.3 is 4.90 Å². The van der Waals surface area contributed by atoms with E-state index in [1.807, 2.05) is 4.90 Å². The van der Waals surface area contributed by atoms with E-state index in [9.17, 15) is 4.79 Å². The van der Waals surface area contributed by atoms with E-state index in [-0.39, 0.29) is 5.91 Å². The van der Waals surface area contributed by atoms with Crippen LogP contribution in [0.1, 0.15) is 12.0 Å². The first kappa shape index (κ1) is 16.4. The molecule has 0 aliphatic carbocycles. The molecule has 7 heteroatoms. The molecular formula is C16H20N4OS2. The summed E-state index contributed by atoms with van der Waals surface area (Å²) in [4.78, 5) is 25.1. The third-order valence-corrected chi connectivity index (χ3v) is 5.39. The summed E-state index contributed by atoms with van der Waals surface area (Å²) in [5.41, 5.74) is 1.37. The largest absolute Gasteiger partial charge is 0.341 e. The SMILES string of the molecule is O=C(CSc1ncccn1)N1CCCN(Cc2ccsc2)CC1. The van der Waals surface area contributed by atoms with Crippen molar-refractivity contribution >= 4 is 29.0 Å². The Morgan fingerprint density at radius 3 is 2.87 bits per heavy atom. The van der Waals surface area contributed by atoms with Crippen molar-refractivity contribution in [1.82, 2.24) is 19.8 Å². The summed E-state index contributed by atoms with van der Waals surface area (Å²) in [6.07, 6.45) is 4.44. The Kier molecular flexibility index (Phi) is 6.01. The number of amides is 1. The number of thioether (sulfide) groups is 1. The lowest BCUT2D eigenvalue weighted by molar-refractivity contribution is -0.128. The van der Waals surface area contributed by atoms with E-state index < -0.39 is 0 Å². The molecule has 1 fully saturated rings. The van der Waals surface area contributed by atoms with Gasteiger partial charge in [-0.1, -0.05) is 11.8 Å². The quantitative estimate of drug-likeness (QED) is 0.613. The monoisotopic (exact) mass is 348 g/mol. The molecule has 0 radical (unpaired) electrons. The minimum atomic E-state index is 0.180. The minimum Gasteiger partial charge on any atom is -0.341 e. The maximum Gasteiger partial charge on any atom is 0.233 e. The van der Waals surface area contributed by atoms with Crippen LogP contribution >= 0.6 is 23.1 Å². The third-order valence-electron chi connectivity index (χ3n) is 3.79. The summed E-state index contributed by atoms with van der Waals surface area (Å²) in [7, 11) is 0. The van der Waals surface area contributed by atoms with Crippen LogP contribution in [-0.2, 0) is 11.3 Å². The molecule has 2 aromatic rings. The zero-order valence-electron chi connectivity index (χ0n) is 12.9. The Hall–Kier alpha value is -1.44. The number of aromatic nitrogens is 2. The number of thiophene rings is 1. The molecule has 1 saturated heterocycles. The van der Waals surface area contributed by atoms with E-state index in [0.717, 1.165) is 39.1 Å². The predicted octanol–water partition coefficient (Wildman–Crippen LogP) is 2.36. The van der Waals surface area contributed by atoms with Crippen LogP contribution < -0.4 is 0 Å². The number of hydrogen-bond donors (Lipinski definition) is 0. The molecule has 0 unspecified atom stereocenters. The van der Waals surface area contributed by atoms with Gasteiger partial charge in [0.15, 0.2) is 5.16 Å². The summed E-state index contributed by atoms with van der Waals surface area (Å²) in [5.74, 6) is 0.592. The first-order valence-electron chi connectivity index (χ1n) is 7.72. The number of nitrogens with zero attached hydrogens (tertiary/aromatic N) is 4. The summed E-state index contributed by atoms with van der Waals surface area (Å²) < 4.78 is 0. The highest BCUT2D eigenvalue weighted by Gasteiger charge is 2.19. The summed E-state index contributed by atoms with van der Waals surface area (Å²) in [5, 5.41) is 4.98. The normalized spacial score (nSPS) is 16.3. The van der Waals surface area contributed by atoms with Crippen molar-refractivity contribution in [3.63, 3.8) is 0 Å². The highest BCUT2D eigenvalue weighted by atomic mass is 32.2. The highest BCUT2D eigenvalue weighted by Crippen LogP contribution is 2.15. The molecule has 0 N–H and O–H groups in total. The first-order valence-corrected chi connectivity index (χ1v) is 9.65. The molecular weight excluding hydrogens is 328 g/mol. The van der Waals surface area contributed by atoms with Crippen LogP contribution in [0.15, 0.2) is 40.4 Å². The smallest absolute Gasteiger partial charge is 0.233 e. The van der Waals surface area contributed by atoms with Gasteiger partial charge in [-0.05, 0) is 34.9 Å². The molecule has 0 saturated carbocycles. The Bertz CT molecular complexity index is 606. The van der Waals surface area contributed by atoms with Crippen molar-refractivity contribution in [3.8, 4) is 0 Å². The van der Waals surface area contributed by atoms with Crippen LogP contribution in [0.3, 0.4) is 0 Å². The lowest BCUT2D eigenvalue weighted by Crippen LogP contribution is -2.36. The van der Waals surface area contributed by atoms with Crippen molar-refractivity contribution in [2.75, 3.05) is 31.9 Å². The van der Waals surface area contributed by atoms with Crippen LogP contribution in [0.5, 0.6) is 0 Å². The van der Waals surface area contributed by atoms with Gasteiger partial charge >= 0.3 is 0 Å². The molecule has 0 atom stereocenters. The van der Waals surface area contributed by atoms with Gasteiger partial charge in [0.05, 0.1) is 5.75 Å². The van der Waals surface area contributed by atoms with Crippen molar-refractivity contribution < 1.29 is 4.79 Å². The van der Waals surface area contributed by atoms with E-state index in [1.54, 1.807) is 29.8 Å².